The molecule has 0 fully saturated rings. The van der Waals surface area contributed by atoms with E-state index in [9.17, 15) is 9.59 Å². The molecule has 0 aliphatic rings. The van der Waals surface area contributed by atoms with E-state index in [4.69, 9.17) is 26.5 Å². The Kier molecular flexibility index (Phi) is 31.7. The first-order valence-electron chi connectivity index (χ1n) is 5.36. The molecule has 20 heavy (non-hydrogen) atoms. The molecule has 112 valence electrons. The van der Waals surface area contributed by atoms with Crippen molar-refractivity contribution in [2.75, 3.05) is 0 Å². The maximum absolute atomic E-state index is 10.0. The van der Waals surface area contributed by atoms with Crippen LogP contribution in [0, 0.1) is 11.8 Å². The van der Waals surface area contributed by atoms with E-state index in [0.717, 1.165) is 0 Å². The van der Waals surface area contributed by atoms with E-state index in [1.54, 1.807) is 27.7 Å². The summed E-state index contributed by atoms with van der Waals surface area (Å²) in [5, 5.41) is 16.5. The van der Waals surface area contributed by atoms with Crippen molar-refractivity contribution in [3.05, 3.63) is 0 Å². The number of hydrogen-bond donors (Lipinski definition) is 4. The van der Waals surface area contributed by atoms with Gasteiger partial charge in [-0.05, 0) is 11.8 Å². The van der Waals surface area contributed by atoms with Crippen LogP contribution in [-0.4, -0.2) is 41.0 Å². The number of carboxylic acids is 2. The fourth-order valence-electron chi connectivity index (χ4n) is 0.570. The first-order valence-corrected chi connectivity index (χ1v) is 5.36. The molecule has 0 aromatic heterocycles. The Balaban J connectivity index is -0.0000000315. The summed E-state index contributed by atoms with van der Waals surface area (Å²) in [5.74, 6) is -1.82. The quantitative estimate of drug-likeness (QED) is 0.378. The Labute approximate surface area is 167 Å². The Morgan fingerprint density at radius 2 is 1.00 bits per heavy atom. The number of rotatable bonds is 4. The van der Waals surface area contributed by atoms with Gasteiger partial charge in [0.25, 0.3) is 0 Å². The van der Waals surface area contributed by atoms with Crippen molar-refractivity contribution in [1.29, 1.82) is 0 Å². The Morgan fingerprint density at radius 1 is 0.850 bits per heavy atom. The van der Waals surface area contributed by atoms with Gasteiger partial charge in [0, 0.05) is 0 Å². The maximum Gasteiger partial charge on any atom is 1.00 e. The van der Waals surface area contributed by atoms with Crippen LogP contribution >= 0.6 is 0 Å². The molecule has 0 saturated carbocycles. The van der Waals surface area contributed by atoms with Crippen LogP contribution in [0.5, 0.6) is 0 Å². The summed E-state index contributed by atoms with van der Waals surface area (Å²) in [6.45, 7) is 9.11. The molecule has 0 aliphatic heterocycles. The van der Waals surface area contributed by atoms with E-state index >= 15 is 0 Å². The largest absolute Gasteiger partial charge is 1.00 e. The second kappa shape index (κ2) is 19.5. The van der Waals surface area contributed by atoms with Crippen LogP contribution in [0.4, 0.5) is 0 Å². The normalized spacial score (nSPS) is 11.4. The van der Waals surface area contributed by atoms with Gasteiger partial charge in [0.15, 0.2) is 0 Å². The number of aliphatic carboxylic acids is 2. The molecule has 0 aliphatic carbocycles. The van der Waals surface area contributed by atoms with Gasteiger partial charge in [-0.2, -0.15) is 0 Å². The van der Waals surface area contributed by atoms with Crippen molar-refractivity contribution in [3.63, 3.8) is 0 Å². The molecule has 9 heteroatoms. The third-order valence-corrected chi connectivity index (χ3v) is 2.01. The molecular formula is C11H26N2Na2O5. The molecule has 6 N–H and O–H groups in total. The topological polar surface area (TPSA) is 144 Å². The van der Waals surface area contributed by atoms with Crippen LogP contribution in [0.3, 0.4) is 0 Å². The Morgan fingerprint density at radius 3 is 1.00 bits per heavy atom. The van der Waals surface area contributed by atoms with Gasteiger partial charge in [-0.3, -0.25) is 9.59 Å². The summed E-state index contributed by atoms with van der Waals surface area (Å²) in [4.78, 5) is 28.0. The molecule has 0 saturated heterocycles. The van der Waals surface area contributed by atoms with Crippen LogP contribution in [0.15, 0.2) is 0 Å². The van der Waals surface area contributed by atoms with Gasteiger partial charge in [0.2, 0.25) is 0 Å². The summed E-state index contributed by atoms with van der Waals surface area (Å²) < 4.78 is 0. The van der Waals surface area contributed by atoms with Crippen LogP contribution < -0.4 is 70.6 Å². The molecule has 2 atom stereocenters. The predicted octanol–water partition coefficient (Wildman–Crippen LogP) is -5.84. The third kappa shape index (κ3) is 20.8. The summed E-state index contributed by atoms with van der Waals surface area (Å²) >= 11 is 0. The van der Waals surface area contributed by atoms with Crippen molar-refractivity contribution in [3.8, 4) is 0 Å². The Hall–Kier alpha value is 0.530. The molecule has 0 radical (unpaired) electrons. The fraction of sp³-hybridized carbons (Fsp3) is 0.727. The number of carboxylic acid groups (broad SMARTS) is 2. The minimum absolute atomic E-state index is 0. The van der Waals surface area contributed by atoms with E-state index in [1.807, 2.05) is 6.79 Å². The van der Waals surface area contributed by atoms with E-state index < -0.39 is 24.0 Å². The van der Waals surface area contributed by atoms with Gasteiger partial charge in [0.1, 0.15) is 18.9 Å². The first-order chi connectivity index (χ1) is 8.11. The van der Waals surface area contributed by atoms with Gasteiger partial charge >= 0.3 is 71.1 Å². The molecule has 0 aromatic rings. The molecule has 0 rings (SSSR count). The molecule has 7 nitrogen and oxygen atoms in total. The number of carbonyl (C=O) groups excluding carboxylic acids is 1. The van der Waals surface area contributed by atoms with Crippen molar-refractivity contribution in [2.24, 2.45) is 23.3 Å². The second-order valence-electron chi connectivity index (χ2n) is 4.22. The number of carbonyl (C=O) groups is 3. The Bertz CT molecular complexity index is 239. The first kappa shape index (κ1) is 32.5. The minimum Gasteiger partial charge on any atom is -1.00 e. The zero-order chi connectivity index (χ0) is 15.5. The summed E-state index contributed by atoms with van der Waals surface area (Å²) in [6, 6.07) is -1.43. The summed E-state index contributed by atoms with van der Waals surface area (Å²) in [7, 11) is 0. The molecule has 0 amide bonds. The van der Waals surface area contributed by atoms with Gasteiger partial charge in [-0.1, -0.05) is 27.7 Å². The van der Waals surface area contributed by atoms with E-state index in [0.29, 0.717) is 0 Å². The zero-order valence-corrected chi connectivity index (χ0v) is 17.3. The molecule has 0 unspecified atom stereocenters. The van der Waals surface area contributed by atoms with Gasteiger partial charge in [-0.15, -0.1) is 0 Å². The van der Waals surface area contributed by atoms with Crippen molar-refractivity contribution < 1.29 is 86.6 Å². The van der Waals surface area contributed by atoms with Crippen molar-refractivity contribution in [1.82, 2.24) is 0 Å². The van der Waals surface area contributed by atoms with Crippen molar-refractivity contribution in [2.45, 2.75) is 39.8 Å². The zero-order valence-electron chi connectivity index (χ0n) is 15.3. The third-order valence-electron chi connectivity index (χ3n) is 2.01. The van der Waals surface area contributed by atoms with E-state index in [-0.39, 0.29) is 73.8 Å². The monoisotopic (exact) mass is 312 g/mol. The van der Waals surface area contributed by atoms with Crippen LogP contribution in [0.1, 0.15) is 30.5 Å². The smallest absolute Gasteiger partial charge is 1.00 e. The van der Waals surface area contributed by atoms with Crippen molar-refractivity contribution >= 4 is 18.7 Å². The molecular weight excluding hydrogens is 286 g/mol. The SMILES string of the molecule is C=O.CC(C)[C@H](N)C(=O)O.CC(C)[C@H](N)C(=O)O.[H-].[H-].[Na+].[Na+]. The molecule has 0 bridgehead atoms. The average Bonchev–Trinajstić information content (AvgIpc) is 2.29. The van der Waals surface area contributed by atoms with Gasteiger partial charge in [0.05, 0.1) is 0 Å². The average molecular weight is 312 g/mol. The maximum atomic E-state index is 10.0. The fourth-order valence-corrected chi connectivity index (χ4v) is 0.570. The number of hydrogen-bond acceptors (Lipinski definition) is 5. The van der Waals surface area contributed by atoms with Gasteiger partial charge in [-0.25, -0.2) is 0 Å². The predicted molar refractivity (Wildman–Crippen MR) is 70.2 cm³/mol. The number of nitrogens with two attached hydrogens (primary N) is 2. The second-order valence-corrected chi connectivity index (χ2v) is 4.22. The van der Waals surface area contributed by atoms with Crippen LogP contribution in [0.25, 0.3) is 0 Å². The standard InChI is InChI=1S/2C5H11NO2.CH2O.2Na.2H/c2*1-3(2)4(6)5(7)8;1-2;;;;/h2*3-4H,6H2,1-2H3,(H,7,8);1H2;;;;/q;;;2*+1;2*-1/t2*4-;;;;;/m00...../s1. The summed E-state index contributed by atoms with van der Waals surface area (Å²) in [6.07, 6.45) is 0. The van der Waals surface area contributed by atoms with Gasteiger partial charge < -0.3 is 29.3 Å². The van der Waals surface area contributed by atoms with Crippen LogP contribution in [-0.2, 0) is 14.4 Å². The van der Waals surface area contributed by atoms with E-state index in [2.05, 4.69) is 0 Å². The summed E-state index contributed by atoms with van der Waals surface area (Å²) in [5.41, 5.74) is 10.3. The minimum atomic E-state index is -0.931. The molecule has 0 heterocycles. The molecule has 0 aromatic carbocycles. The van der Waals surface area contributed by atoms with E-state index in [1.165, 1.54) is 0 Å². The molecule has 0 spiro atoms. The van der Waals surface area contributed by atoms with Crippen LogP contribution in [0.2, 0.25) is 0 Å².